The number of aryl methyl sites for hydroxylation is 2. The number of rotatable bonds is 5. The predicted octanol–water partition coefficient (Wildman–Crippen LogP) is 1.99. The molecule has 1 aromatic rings. The maximum atomic E-state index is 11.5. The van der Waals surface area contributed by atoms with E-state index in [4.69, 9.17) is 5.73 Å². The Labute approximate surface area is 125 Å². The lowest BCUT2D eigenvalue weighted by molar-refractivity contribution is -0.384. The zero-order valence-electron chi connectivity index (χ0n) is 13.1. The lowest BCUT2D eigenvalue weighted by Gasteiger charge is -2.38. The molecule has 2 N–H and O–H groups in total. The van der Waals surface area contributed by atoms with Gasteiger partial charge in [-0.15, -0.1) is 0 Å². The van der Waals surface area contributed by atoms with Gasteiger partial charge in [0.25, 0.3) is 0 Å². The third kappa shape index (κ3) is 3.02. The fourth-order valence-electron chi connectivity index (χ4n) is 3.24. The molecule has 7 nitrogen and oxygen atoms in total. The summed E-state index contributed by atoms with van der Waals surface area (Å²) in [4.78, 5) is 13.3. The number of aromatic nitrogens is 2. The topological polar surface area (TPSA) is 90.2 Å². The van der Waals surface area contributed by atoms with Crippen LogP contribution in [0.25, 0.3) is 0 Å². The van der Waals surface area contributed by atoms with Crippen molar-refractivity contribution < 1.29 is 4.92 Å². The Hall–Kier alpha value is -1.63. The minimum absolute atomic E-state index is 0.0190. The zero-order chi connectivity index (χ0) is 15.6. The van der Waals surface area contributed by atoms with Crippen LogP contribution in [0.4, 0.5) is 11.5 Å². The summed E-state index contributed by atoms with van der Waals surface area (Å²) in [5, 5.41) is 15.9. The number of hydrogen-bond acceptors (Lipinski definition) is 5. The maximum Gasteiger partial charge on any atom is 0.334 e. The van der Waals surface area contributed by atoms with E-state index in [9.17, 15) is 10.1 Å². The zero-order valence-corrected chi connectivity index (χ0v) is 13.1. The summed E-state index contributed by atoms with van der Waals surface area (Å²) in [6.45, 7) is 4.78. The number of anilines is 1. The van der Waals surface area contributed by atoms with Gasteiger partial charge >= 0.3 is 5.69 Å². The fraction of sp³-hybridized carbons (Fsp3) is 0.786. The van der Waals surface area contributed by atoms with Gasteiger partial charge < -0.3 is 10.6 Å². The molecule has 1 fully saturated rings. The van der Waals surface area contributed by atoms with Crippen molar-refractivity contribution >= 4 is 11.5 Å². The molecule has 2 rings (SSSR count). The molecule has 0 spiro atoms. The number of nitro groups is 1. The summed E-state index contributed by atoms with van der Waals surface area (Å²) >= 11 is 0. The molecule has 0 aromatic carbocycles. The van der Waals surface area contributed by atoms with Gasteiger partial charge in [-0.1, -0.05) is 13.3 Å². The molecule has 2 unspecified atom stereocenters. The smallest absolute Gasteiger partial charge is 0.334 e. The van der Waals surface area contributed by atoms with Gasteiger partial charge in [0.05, 0.1) is 4.92 Å². The largest absolute Gasteiger partial charge is 0.347 e. The van der Waals surface area contributed by atoms with E-state index >= 15 is 0 Å². The molecule has 1 saturated heterocycles. The van der Waals surface area contributed by atoms with Crippen molar-refractivity contribution in [2.24, 2.45) is 12.8 Å². The number of nitrogens with zero attached hydrogens (tertiary/aromatic N) is 4. The summed E-state index contributed by atoms with van der Waals surface area (Å²) in [7, 11) is 1.79. The molecule has 21 heavy (non-hydrogen) atoms. The summed E-state index contributed by atoms with van der Waals surface area (Å²) < 4.78 is 1.66. The van der Waals surface area contributed by atoms with Crippen LogP contribution >= 0.6 is 0 Å². The second kappa shape index (κ2) is 6.43. The second-order valence-corrected chi connectivity index (χ2v) is 5.87. The second-order valence-electron chi connectivity index (χ2n) is 5.87. The Bertz CT molecular complexity index is 512. The number of hydrogen-bond donors (Lipinski definition) is 1. The minimum atomic E-state index is -0.291. The van der Waals surface area contributed by atoms with Gasteiger partial charge in [0.15, 0.2) is 0 Å². The van der Waals surface area contributed by atoms with E-state index in [0.717, 1.165) is 32.2 Å². The van der Waals surface area contributed by atoms with Crippen LogP contribution in [-0.4, -0.2) is 33.3 Å². The van der Waals surface area contributed by atoms with Crippen LogP contribution in [-0.2, 0) is 13.5 Å². The van der Waals surface area contributed by atoms with Crippen LogP contribution in [0.2, 0.25) is 0 Å². The normalized spacial score (nSPS) is 20.6. The molecule has 118 valence electrons. The first kappa shape index (κ1) is 15.8. The van der Waals surface area contributed by atoms with Gasteiger partial charge in [0.1, 0.15) is 5.69 Å². The van der Waals surface area contributed by atoms with Crippen molar-refractivity contribution in [1.82, 2.24) is 9.78 Å². The molecular formula is C14H25N5O2. The van der Waals surface area contributed by atoms with Crippen LogP contribution in [0.1, 0.15) is 45.2 Å². The van der Waals surface area contributed by atoms with Gasteiger partial charge in [-0.05, 0) is 32.6 Å². The van der Waals surface area contributed by atoms with E-state index in [1.54, 1.807) is 11.7 Å². The van der Waals surface area contributed by atoms with Crippen molar-refractivity contribution in [1.29, 1.82) is 0 Å². The summed E-state index contributed by atoms with van der Waals surface area (Å²) in [5.74, 6) is 0.616. The molecule has 1 aliphatic heterocycles. The standard InChI is InChI=1S/C14H25N5O2/c1-4-7-11-13(19(20)21)14(17(3)16-11)18-9-6-5-8-12(18)10(2)15/h10,12H,4-9,15H2,1-3H3. The Morgan fingerprint density at radius 2 is 2.24 bits per heavy atom. The highest BCUT2D eigenvalue weighted by atomic mass is 16.6. The summed E-state index contributed by atoms with van der Waals surface area (Å²) in [5.41, 5.74) is 6.83. The van der Waals surface area contributed by atoms with Crippen LogP contribution in [0.3, 0.4) is 0 Å². The van der Waals surface area contributed by atoms with Crippen LogP contribution in [0.15, 0.2) is 0 Å². The molecule has 1 aliphatic rings. The molecule has 7 heteroatoms. The van der Waals surface area contributed by atoms with Gasteiger partial charge in [-0.3, -0.25) is 10.1 Å². The highest BCUT2D eigenvalue weighted by molar-refractivity contribution is 5.62. The molecule has 0 saturated carbocycles. The van der Waals surface area contributed by atoms with Crippen LogP contribution < -0.4 is 10.6 Å². The van der Waals surface area contributed by atoms with Crippen LogP contribution in [0, 0.1) is 10.1 Å². The lowest BCUT2D eigenvalue weighted by atomic mass is 9.97. The van der Waals surface area contributed by atoms with E-state index in [-0.39, 0.29) is 22.7 Å². The number of piperidine rings is 1. The molecule has 0 bridgehead atoms. The lowest BCUT2D eigenvalue weighted by Crippen LogP contribution is -2.50. The van der Waals surface area contributed by atoms with Gasteiger partial charge in [-0.25, -0.2) is 4.68 Å². The Kier molecular flexibility index (Phi) is 4.82. The average Bonchev–Trinajstić information content (AvgIpc) is 2.75. The first-order valence-corrected chi connectivity index (χ1v) is 7.69. The van der Waals surface area contributed by atoms with Crippen molar-refractivity contribution in [2.75, 3.05) is 11.4 Å². The highest BCUT2D eigenvalue weighted by Crippen LogP contribution is 2.36. The molecular weight excluding hydrogens is 270 g/mol. The Morgan fingerprint density at radius 1 is 1.52 bits per heavy atom. The Balaban J connectivity index is 2.48. The molecule has 0 radical (unpaired) electrons. The average molecular weight is 295 g/mol. The maximum absolute atomic E-state index is 11.5. The third-order valence-corrected chi connectivity index (χ3v) is 4.16. The highest BCUT2D eigenvalue weighted by Gasteiger charge is 2.35. The van der Waals surface area contributed by atoms with Crippen molar-refractivity contribution in [2.45, 2.75) is 58.0 Å². The van der Waals surface area contributed by atoms with Gasteiger partial charge in [0, 0.05) is 25.7 Å². The molecule has 0 amide bonds. The summed E-state index contributed by atoms with van der Waals surface area (Å²) in [6.07, 6.45) is 4.60. The van der Waals surface area contributed by atoms with E-state index in [0.29, 0.717) is 17.9 Å². The van der Waals surface area contributed by atoms with E-state index in [1.807, 2.05) is 13.8 Å². The monoisotopic (exact) mass is 295 g/mol. The quantitative estimate of drug-likeness (QED) is 0.662. The number of nitrogens with two attached hydrogens (primary N) is 1. The van der Waals surface area contributed by atoms with E-state index in [2.05, 4.69) is 10.00 Å². The minimum Gasteiger partial charge on any atom is -0.347 e. The molecule has 2 heterocycles. The van der Waals surface area contributed by atoms with Crippen molar-refractivity contribution in [3.8, 4) is 0 Å². The summed E-state index contributed by atoms with van der Waals surface area (Å²) in [6, 6.07) is 0.122. The van der Waals surface area contributed by atoms with E-state index in [1.165, 1.54) is 0 Å². The predicted molar refractivity (Wildman–Crippen MR) is 82.5 cm³/mol. The molecule has 1 aromatic heterocycles. The van der Waals surface area contributed by atoms with E-state index < -0.39 is 0 Å². The van der Waals surface area contributed by atoms with Crippen molar-refractivity contribution in [3.05, 3.63) is 15.8 Å². The van der Waals surface area contributed by atoms with Crippen LogP contribution in [0.5, 0.6) is 0 Å². The van der Waals surface area contributed by atoms with Crippen molar-refractivity contribution in [3.63, 3.8) is 0 Å². The molecule has 0 aliphatic carbocycles. The first-order valence-electron chi connectivity index (χ1n) is 7.69. The molecule has 2 atom stereocenters. The Morgan fingerprint density at radius 3 is 2.81 bits per heavy atom. The first-order chi connectivity index (χ1) is 9.97. The SMILES string of the molecule is CCCc1nn(C)c(N2CCCCC2C(C)N)c1[N+](=O)[O-]. The van der Waals surface area contributed by atoms with Gasteiger partial charge in [0.2, 0.25) is 5.82 Å². The van der Waals surface area contributed by atoms with Gasteiger partial charge in [-0.2, -0.15) is 5.10 Å². The third-order valence-electron chi connectivity index (χ3n) is 4.16. The fourth-order valence-corrected chi connectivity index (χ4v) is 3.24.